The predicted octanol–water partition coefficient (Wildman–Crippen LogP) is 3.24. The fourth-order valence-corrected chi connectivity index (χ4v) is 4.66. The van der Waals surface area contributed by atoms with E-state index in [4.69, 9.17) is 9.47 Å². The van der Waals surface area contributed by atoms with Crippen molar-refractivity contribution >= 4 is 23.2 Å². The summed E-state index contributed by atoms with van der Waals surface area (Å²) in [5.74, 6) is 1.18. The van der Waals surface area contributed by atoms with Gasteiger partial charge in [0.1, 0.15) is 17.5 Å². The molecule has 0 radical (unpaired) electrons. The molecule has 0 saturated carbocycles. The van der Waals surface area contributed by atoms with Crippen LogP contribution in [0.4, 0.5) is 11.4 Å². The van der Waals surface area contributed by atoms with Crippen LogP contribution in [0.5, 0.6) is 11.5 Å². The van der Waals surface area contributed by atoms with Gasteiger partial charge < -0.3 is 25.0 Å². The number of rotatable bonds is 9. The van der Waals surface area contributed by atoms with Crippen molar-refractivity contribution in [1.29, 1.82) is 0 Å². The Morgan fingerprint density at radius 1 is 0.800 bits per heavy atom. The average molecular weight is 475 g/mol. The van der Waals surface area contributed by atoms with E-state index in [1.165, 1.54) is 11.1 Å². The second-order valence-corrected chi connectivity index (χ2v) is 8.71. The maximum Gasteiger partial charge on any atom is 0.279 e. The fraction of sp³-hybridized carbons (Fsp3) is 0.286. The summed E-state index contributed by atoms with van der Waals surface area (Å²) in [6.07, 6.45) is 2.99. The van der Waals surface area contributed by atoms with Gasteiger partial charge in [-0.15, -0.1) is 0 Å². The van der Waals surface area contributed by atoms with Crippen molar-refractivity contribution < 1.29 is 24.0 Å². The minimum absolute atomic E-state index is 0.0724. The van der Waals surface area contributed by atoms with E-state index >= 15 is 0 Å². The Labute approximate surface area is 206 Å². The molecule has 1 aliphatic carbocycles. The maximum atomic E-state index is 13.0. The average Bonchev–Trinajstić information content (AvgIpc) is 2.89. The van der Waals surface area contributed by atoms with Crippen LogP contribution in [0.15, 0.2) is 72.8 Å². The van der Waals surface area contributed by atoms with Gasteiger partial charge in [-0.2, -0.15) is 0 Å². The normalized spacial score (nSPS) is 14.7. The first-order valence-corrected chi connectivity index (χ1v) is 11.9. The molecule has 0 aromatic heterocycles. The summed E-state index contributed by atoms with van der Waals surface area (Å²) in [5, 5.41) is 5.92. The van der Waals surface area contributed by atoms with Crippen LogP contribution in [0.3, 0.4) is 0 Å². The highest BCUT2D eigenvalue weighted by Crippen LogP contribution is 2.27. The van der Waals surface area contributed by atoms with Crippen molar-refractivity contribution in [3.8, 4) is 11.5 Å². The molecule has 0 heterocycles. The van der Waals surface area contributed by atoms with E-state index in [1.54, 1.807) is 38.5 Å². The van der Waals surface area contributed by atoms with Crippen LogP contribution in [-0.4, -0.2) is 39.1 Å². The van der Waals surface area contributed by atoms with Crippen molar-refractivity contribution in [2.75, 3.05) is 37.9 Å². The third-order valence-electron chi connectivity index (χ3n) is 6.39. The molecule has 2 amide bonds. The number of nitrogens with one attached hydrogen (secondary N) is 3. The van der Waals surface area contributed by atoms with Crippen LogP contribution in [0, 0.1) is 0 Å². The zero-order valence-corrected chi connectivity index (χ0v) is 20.2. The van der Waals surface area contributed by atoms with Gasteiger partial charge in [0.25, 0.3) is 11.8 Å². The van der Waals surface area contributed by atoms with Crippen LogP contribution in [0.25, 0.3) is 0 Å². The summed E-state index contributed by atoms with van der Waals surface area (Å²) >= 11 is 0. The molecule has 3 aromatic carbocycles. The Kier molecular flexibility index (Phi) is 8.00. The second kappa shape index (κ2) is 11.5. The van der Waals surface area contributed by atoms with Gasteiger partial charge in [-0.25, -0.2) is 0 Å². The number of carbonyl (C=O) groups is 2. The maximum absolute atomic E-state index is 13.0. The Hall–Kier alpha value is -3.84. The van der Waals surface area contributed by atoms with Gasteiger partial charge in [-0.1, -0.05) is 24.3 Å². The van der Waals surface area contributed by atoms with Gasteiger partial charge in [-0.3, -0.25) is 9.59 Å². The Bertz CT molecular complexity index is 1080. The van der Waals surface area contributed by atoms with E-state index in [2.05, 4.69) is 22.8 Å². The molecule has 7 nitrogen and oxygen atoms in total. The smallest absolute Gasteiger partial charge is 0.279 e. The van der Waals surface area contributed by atoms with Gasteiger partial charge in [0, 0.05) is 23.4 Å². The first-order valence-electron chi connectivity index (χ1n) is 11.9. The number of hydrogen-bond acceptors (Lipinski definition) is 4. The molecule has 182 valence electrons. The van der Waals surface area contributed by atoms with E-state index in [-0.39, 0.29) is 30.9 Å². The van der Waals surface area contributed by atoms with Gasteiger partial charge in [0.05, 0.1) is 14.2 Å². The number of methoxy groups -OCH3 is 2. The first kappa shape index (κ1) is 24.3. The van der Waals surface area contributed by atoms with Crippen LogP contribution >= 0.6 is 0 Å². The molecular formula is C28H32N3O4+. The second-order valence-electron chi connectivity index (χ2n) is 8.71. The van der Waals surface area contributed by atoms with Crippen molar-refractivity contribution in [1.82, 2.24) is 0 Å². The molecule has 0 aliphatic heterocycles. The van der Waals surface area contributed by atoms with Crippen LogP contribution in [-0.2, 0) is 16.0 Å². The molecule has 0 saturated heterocycles. The summed E-state index contributed by atoms with van der Waals surface area (Å²) in [5.41, 5.74) is 3.92. The van der Waals surface area contributed by atoms with Crippen molar-refractivity contribution in [2.24, 2.45) is 0 Å². The van der Waals surface area contributed by atoms with Crippen LogP contribution in [0.1, 0.15) is 30.0 Å². The van der Waals surface area contributed by atoms with Gasteiger partial charge in [0.2, 0.25) is 0 Å². The van der Waals surface area contributed by atoms with Crippen molar-refractivity contribution in [2.45, 2.75) is 25.3 Å². The third-order valence-corrected chi connectivity index (χ3v) is 6.39. The number of anilines is 2. The molecule has 3 N–H and O–H groups in total. The lowest BCUT2D eigenvalue weighted by molar-refractivity contribution is -0.916. The fourth-order valence-electron chi connectivity index (χ4n) is 4.66. The third kappa shape index (κ3) is 6.39. The SMILES string of the molecule is COc1ccc(NC(=O)C[NH+](CC(=O)Nc2ccc(OC)cc2)[C@H]2CCCc3ccccc32)cc1. The highest BCUT2D eigenvalue weighted by Gasteiger charge is 2.32. The number of carbonyl (C=O) groups excluding carboxylic acids is 2. The molecular weight excluding hydrogens is 442 g/mol. The van der Waals surface area contributed by atoms with E-state index in [1.807, 2.05) is 36.4 Å². The standard InChI is InChI=1S/C28H31N3O4/c1-34-23-14-10-21(11-15-23)29-27(32)18-31(26-9-5-7-20-6-3-4-8-25(20)26)19-28(33)30-22-12-16-24(35-2)17-13-22/h3-4,6,8,10-17,26H,5,7,9,18-19H2,1-2H3,(H,29,32)(H,30,33)/p+1/t26-/m0/s1. The summed E-state index contributed by atoms with van der Waals surface area (Å²) in [6.45, 7) is 0.363. The van der Waals surface area contributed by atoms with Crippen LogP contribution < -0.4 is 25.0 Å². The molecule has 1 atom stereocenters. The lowest BCUT2D eigenvalue weighted by Gasteiger charge is -2.32. The van der Waals surface area contributed by atoms with E-state index in [0.717, 1.165) is 35.7 Å². The first-order chi connectivity index (χ1) is 17.1. The number of hydrogen-bond donors (Lipinski definition) is 3. The molecule has 3 aromatic rings. The zero-order chi connectivity index (χ0) is 24.6. The van der Waals surface area contributed by atoms with Gasteiger partial charge in [0.15, 0.2) is 13.1 Å². The Balaban J connectivity index is 1.49. The van der Waals surface area contributed by atoms with E-state index in [0.29, 0.717) is 11.4 Å². The molecule has 0 spiro atoms. The van der Waals surface area contributed by atoms with Crippen molar-refractivity contribution in [3.05, 3.63) is 83.9 Å². The molecule has 7 heteroatoms. The predicted molar refractivity (Wildman–Crippen MR) is 136 cm³/mol. The van der Waals surface area contributed by atoms with Crippen molar-refractivity contribution in [3.63, 3.8) is 0 Å². The molecule has 1 aliphatic rings. The molecule has 0 fully saturated rings. The number of amides is 2. The summed E-state index contributed by atoms with van der Waals surface area (Å²) < 4.78 is 10.4. The highest BCUT2D eigenvalue weighted by molar-refractivity contribution is 5.93. The monoisotopic (exact) mass is 474 g/mol. The quantitative estimate of drug-likeness (QED) is 0.445. The minimum atomic E-state index is -0.134. The van der Waals surface area contributed by atoms with E-state index < -0.39 is 0 Å². The number of benzene rings is 3. The highest BCUT2D eigenvalue weighted by atomic mass is 16.5. The number of ether oxygens (including phenoxy) is 2. The molecule has 35 heavy (non-hydrogen) atoms. The lowest BCUT2D eigenvalue weighted by atomic mass is 9.86. The van der Waals surface area contributed by atoms with Gasteiger partial charge >= 0.3 is 0 Å². The number of quaternary nitrogens is 1. The molecule has 0 unspecified atom stereocenters. The van der Waals surface area contributed by atoms with Gasteiger partial charge in [-0.05, 0) is 66.9 Å². The largest absolute Gasteiger partial charge is 0.497 e. The Morgan fingerprint density at radius 3 is 1.83 bits per heavy atom. The topological polar surface area (TPSA) is 81.1 Å². The Morgan fingerprint density at radius 2 is 1.31 bits per heavy atom. The number of fused-ring (bicyclic) bond motifs is 1. The number of aryl methyl sites for hydroxylation is 1. The summed E-state index contributed by atoms with van der Waals surface area (Å²) in [7, 11) is 3.21. The molecule has 4 rings (SSSR count). The zero-order valence-electron chi connectivity index (χ0n) is 20.2. The van der Waals surface area contributed by atoms with Crippen LogP contribution in [0.2, 0.25) is 0 Å². The summed E-state index contributed by atoms with van der Waals surface area (Å²) in [4.78, 5) is 27.0. The minimum Gasteiger partial charge on any atom is -0.497 e. The lowest BCUT2D eigenvalue weighted by Crippen LogP contribution is -3.14. The summed E-state index contributed by atoms with van der Waals surface area (Å²) in [6, 6.07) is 22.9. The molecule has 0 bridgehead atoms. The van der Waals surface area contributed by atoms with E-state index in [9.17, 15) is 9.59 Å².